The molecule has 5 aliphatic rings. The Hall–Kier alpha value is -7.44. The molecule has 3 aromatic rings. The van der Waals surface area contributed by atoms with Crippen molar-refractivity contribution in [1.82, 2.24) is 36.1 Å². The van der Waals surface area contributed by atoms with Crippen molar-refractivity contribution < 1.29 is 95.5 Å². The van der Waals surface area contributed by atoms with Gasteiger partial charge in [-0.05, 0) is 106 Å². The number of hydrogen-bond donors (Lipinski definition) is 11. The molecule has 8 rings (SSSR count). The highest BCUT2D eigenvalue weighted by molar-refractivity contribution is 6.51. The summed E-state index contributed by atoms with van der Waals surface area (Å²) in [5.74, 6) is -8.50. The van der Waals surface area contributed by atoms with E-state index < -0.39 is 117 Å². The van der Waals surface area contributed by atoms with Gasteiger partial charge in [0.25, 0.3) is 0 Å². The van der Waals surface area contributed by atoms with E-state index in [2.05, 4.69) is 50.0 Å². The minimum absolute atomic E-state index is 0.0131. The summed E-state index contributed by atoms with van der Waals surface area (Å²) < 4.78 is 67.5. The van der Waals surface area contributed by atoms with Crippen LogP contribution in [0, 0.1) is 70.0 Å². The van der Waals surface area contributed by atoms with Crippen molar-refractivity contribution in [3.63, 3.8) is 0 Å². The molecule has 0 bridgehead atoms. The molecule has 2 aromatic carbocycles. The lowest BCUT2D eigenvalue weighted by Crippen LogP contribution is -2.54. The fourth-order valence-electron chi connectivity index (χ4n) is 12.6. The van der Waals surface area contributed by atoms with Gasteiger partial charge in [0.15, 0.2) is 40.6 Å². The zero-order chi connectivity index (χ0) is 78.3. The largest absolute Gasteiger partial charge is 0.475 e. The molecule has 0 radical (unpaired) electrons. The number of aromatic nitrogens is 2. The van der Waals surface area contributed by atoms with E-state index in [-0.39, 0.29) is 114 Å². The van der Waals surface area contributed by atoms with Crippen LogP contribution in [0.1, 0.15) is 177 Å². The van der Waals surface area contributed by atoms with E-state index in [1.54, 1.807) is 23.5 Å². The number of rotatable bonds is 36. The normalized spacial score (nSPS) is 18.7. The molecule has 1 aromatic heterocycles. The van der Waals surface area contributed by atoms with Gasteiger partial charge >= 0.3 is 28.3 Å². The summed E-state index contributed by atoms with van der Waals surface area (Å²) >= 11 is 0. The first-order valence-corrected chi connectivity index (χ1v) is 36.3. The maximum atomic E-state index is 14.2. The average Bonchev–Trinajstić information content (AvgIpc) is 1.55. The first kappa shape index (κ1) is 88.2. The van der Waals surface area contributed by atoms with Gasteiger partial charge in [-0.15, -0.1) is 0 Å². The number of Topliss-reactive ketones (excluding diaryl/α,β-unsaturated/α-hetero) is 4. The first-order chi connectivity index (χ1) is 49.4. The van der Waals surface area contributed by atoms with Crippen molar-refractivity contribution in [1.29, 1.82) is 5.26 Å². The molecule has 105 heavy (non-hydrogen) atoms. The fourth-order valence-corrected chi connectivity index (χ4v) is 12.6. The van der Waals surface area contributed by atoms with E-state index in [1.165, 1.54) is 29.9 Å². The topological polar surface area (TPSA) is 389 Å². The Morgan fingerprint density at radius 2 is 0.876 bits per heavy atom. The van der Waals surface area contributed by atoms with Crippen molar-refractivity contribution in [2.75, 3.05) is 40.9 Å². The van der Waals surface area contributed by atoms with Crippen LogP contribution >= 0.6 is 0 Å². The van der Waals surface area contributed by atoms with Crippen LogP contribution in [0.4, 0.5) is 39.3 Å². The molecule has 5 heterocycles. The maximum Gasteiger partial charge on any atom is 0.475 e. The number of likely N-dealkylation sites (tertiary alicyclic amines) is 1. The first-order valence-electron chi connectivity index (χ1n) is 36.3. The van der Waals surface area contributed by atoms with Crippen LogP contribution in [0.3, 0.4) is 0 Å². The van der Waals surface area contributed by atoms with Gasteiger partial charge in [-0.2, -0.15) is 5.26 Å². The molecule has 5 fully saturated rings. The molecule has 9 atom stereocenters. The van der Waals surface area contributed by atoms with Crippen molar-refractivity contribution in [3.8, 4) is 6.07 Å². The minimum atomic E-state index is -1.71. The molecule has 4 amide bonds. The van der Waals surface area contributed by atoms with Crippen molar-refractivity contribution in [3.05, 3.63) is 77.4 Å². The summed E-state index contributed by atoms with van der Waals surface area (Å²) in [5.41, 5.74) is 0.296. The van der Waals surface area contributed by atoms with Gasteiger partial charge in [0.2, 0.25) is 29.6 Å². The summed E-state index contributed by atoms with van der Waals surface area (Å²) in [7, 11) is -5.03. The number of hydrogen-bond acceptors (Lipinski definition) is 22. The van der Waals surface area contributed by atoms with Gasteiger partial charge in [0.05, 0.1) is 77.4 Å². The smallest absolute Gasteiger partial charge is 0.449 e. The maximum absolute atomic E-state index is 14.2. The Morgan fingerprint density at radius 1 is 0.486 bits per heavy atom. The minimum Gasteiger partial charge on any atom is -0.449 e. The van der Waals surface area contributed by atoms with Crippen LogP contribution in [-0.4, -0.2) is 205 Å². The predicted molar refractivity (Wildman–Crippen MR) is 386 cm³/mol. The molecule has 1 aliphatic carbocycles. The number of halogens is 5. The Kier molecular flexibility index (Phi) is 35.4. The van der Waals surface area contributed by atoms with Crippen LogP contribution in [0.15, 0.2) is 42.7 Å². The number of amides is 4. The quantitative estimate of drug-likeness (QED) is 0.0219. The zero-order valence-electron chi connectivity index (χ0n) is 61.7. The standard InChI is InChI=1S/C19H25BFN3O4.C18H24BF3N2O4.C17H26BFN4O4.C16H29BN2O3/c1-12(2)9-18(20(27)28)23-19(26)6-5-17(25)16-7-8-24(16)15-4-3-13(11-22)10-14(15)21;1-10(2)7-17(19(27)28)23-18(26)4-3-16(25)14-5-6-24(14)15-9-12(21)11(20)8-13(15)22;1-10(2)6-15(18(26)27)22-16(25)11(3)7-14(24)13-4-5-23(13)17-20-8-12(19)9-21-17;1-11(2)10-15(17(3)22)18-16(21)7-6-14(20)13-8-9-19(13)12-4-5-12/h3-4,10,12,16,18,27-28H,5-9H2,1-2H3,(H,23,26);8-10,14,17,27-28H,3-7H2,1-2H3,(H,23,26);8-11,13,15,26-27H,4-7H2,1-3H3,(H,22,25);11-13,15,22H,4-10H2,1-3H3,(H,18,21). The van der Waals surface area contributed by atoms with E-state index in [0.29, 0.717) is 88.6 Å². The monoisotopic (exact) mass is 1480 g/mol. The van der Waals surface area contributed by atoms with Crippen LogP contribution in [0.25, 0.3) is 0 Å². The van der Waals surface area contributed by atoms with Crippen LogP contribution in [0.5, 0.6) is 0 Å². The number of nitriles is 1. The van der Waals surface area contributed by atoms with E-state index in [9.17, 15) is 95.5 Å². The lowest BCUT2D eigenvalue weighted by Gasteiger charge is -2.42. The Bertz CT molecular complexity index is 3440. The average molecular weight is 1480 g/mol. The summed E-state index contributed by atoms with van der Waals surface area (Å²) in [6, 6.07) is 6.20. The summed E-state index contributed by atoms with van der Waals surface area (Å²) in [4.78, 5) is 113. The number of nitrogens with one attached hydrogen (secondary N) is 4. The highest BCUT2D eigenvalue weighted by Crippen LogP contribution is 2.36. The number of nitrogens with zero attached hydrogens (tertiary/aromatic N) is 7. The van der Waals surface area contributed by atoms with Gasteiger partial charge in [0, 0.05) is 101 Å². The molecule has 4 aliphatic heterocycles. The molecule has 1 saturated carbocycles. The predicted octanol–water partition coefficient (Wildman–Crippen LogP) is 4.33. The molecular formula is C70H104B4F5N11O15. The lowest BCUT2D eigenvalue weighted by atomic mass is 9.61. The second-order valence-corrected chi connectivity index (χ2v) is 29.6. The molecule has 576 valence electrons. The SMILES string of the molecule is CB(O)C(CC(C)C)NC(=O)CCC(=O)C1CCN1C1CC1.CC(C)CC(NC(=O)C(C)CC(=O)C1CCN1c1ncc(F)cn1)B(O)O.CC(C)CC(NC(=O)CCC(=O)C1CCN1c1cc(F)c(F)cc1F)B(O)O.CC(C)CC(NC(=O)CCC(=O)C1CCN1c1ccc(C#N)cc1F)B(O)O. The molecular weight excluding hydrogens is 1370 g/mol. The van der Waals surface area contributed by atoms with Gasteiger partial charge in [0.1, 0.15) is 11.6 Å². The molecule has 26 nitrogen and oxygen atoms in total. The number of ketones is 4. The molecule has 11 N–H and O–H groups in total. The van der Waals surface area contributed by atoms with Gasteiger partial charge in [-0.25, -0.2) is 31.9 Å². The Labute approximate surface area is 613 Å². The van der Waals surface area contributed by atoms with Gasteiger partial charge in [-0.1, -0.05) is 69.1 Å². The van der Waals surface area contributed by atoms with Gasteiger partial charge < -0.3 is 71.1 Å². The zero-order valence-corrected chi connectivity index (χ0v) is 61.7. The Morgan fingerprint density at radius 3 is 1.26 bits per heavy atom. The summed E-state index contributed by atoms with van der Waals surface area (Å²) in [6.45, 7) is 20.7. The van der Waals surface area contributed by atoms with Crippen LogP contribution in [-0.2, 0) is 38.4 Å². The van der Waals surface area contributed by atoms with Crippen LogP contribution in [0.2, 0.25) is 6.82 Å². The second-order valence-electron chi connectivity index (χ2n) is 29.6. The highest BCUT2D eigenvalue weighted by Gasteiger charge is 2.44. The molecule has 35 heteroatoms. The number of carbonyl (C=O) groups is 8. The third-order valence-electron chi connectivity index (χ3n) is 18.9. The van der Waals surface area contributed by atoms with Crippen molar-refractivity contribution in [2.45, 2.75) is 232 Å². The molecule has 9 unspecified atom stereocenters. The molecule has 4 saturated heterocycles. The third kappa shape index (κ3) is 28.0. The van der Waals surface area contributed by atoms with E-state index in [0.717, 1.165) is 43.9 Å². The highest BCUT2D eigenvalue weighted by atomic mass is 19.2. The number of carbonyl (C=O) groups excluding carboxylic acids is 8. The number of benzene rings is 2. The van der Waals surface area contributed by atoms with Gasteiger partial charge in [-0.3, -0.25) is 43.3 Å². The van der Waals surface area contributed by atoms with Crippen molar-refractivity contribution in [2.24, 2.45) is 29.6 Å². The summed E-state index contributed by atoms with van der Waals surface area (Å²) in [5, 5.41) is 85.3. The number of anilines is 3. The van der Waals surface area contributed by atoms with E-state index in [1.807, 2.05) is 47.6 Å². The fraction of sp³-hybridized carbons (Fsp3) is 0.643. The molecule has 0 spiro atoms. The van der Waals surface area contributed by atoms with E-state index >= 15 is 0 Å². The Balaban J connectivity index is 0.000000252. The lowest BCUT2D eigenvalue weighted by molar-refractivity contribution is -0.131. The van der Waals surface area contributed by atoms with Crippen LogP contribution < -0.4 is 36.0 Å². The second kappa shape index (κ2) is 42.2. The van der Waals surface area contributed by atoms with Crippen molar-refractivity contribution >= 4 is 92.4 Å². The summed E-state index contributed by atoms with van der Waals surface area (Å²) in [6.07, 6.45) is 9.22. The van der Waals surface area contributed by atoms with E-state index in [4.69, 9.17) is 5.26 Å². The third-order valence-corrected chi connectivity index (χ3v) is 18.9.